The van der Waals surface area contributed by atoms with Crippen LogP contribution in [0.2, 0.25) is 0 Å². The first-order chi connectivity index (χ1) is 11.0. The second-order valence-corrected chi connectivity index (χ2v) is 8.60. The van der Waals surface area contributed by atoms with Crippen LogP contribution < -0.4 is 11.1 Å². The first kappa shape index (κ1) is 15.9. The molecule has 5 heteroatoms. The minimum Gasteiger partial charge on any atom is -0.377 e. The van der Waals surface area contributed by atoms with Gasteiger partial charge < -0.3 is 15.8 Å². The summed E-state index contributed by atoms with van der Waals surface area (Å²) in [5.74, 6) is 0.238. The van der Waals surface area contributed by atoms with E-state index in [1.807, 2.05) is 0 Å². The molecule has 23 heavy (non-hydrogen) atoms. The Morgan fingerprint density at radius 3 is 2.83 bits per heavy atom. The number of nitrogens with two attached hydrogens (primary N) is 1. The van der Waals surface area contributed by atoms with Gasteiger partial charge in [0.1, 0.15) is 5.54 Å². The largest absolute Gasteiger partial charge is 0.377 e. The molecule has 1 aliphatic carbocycles. The zero-order valence-electron chi connectivity index (χ0n) is 14.5. The Labute approximate surface area is 139 Å². The molecule has 3 heterocycles. The van der Waals surface area contributed by atoms with Crippen molar-refractivity contribution in [1.29, 1.82) is 0 Å². The van der Waals surface area contributed by atoms with E-state index in [0.29, 0.717) is 6.04 Å². The van der Waals surface area contributed by atoms with E-state index in [1.54, 1.807) is 0 Å². The zero-order valence-corrected chi connectivity index (χ0v) is 14.5. The van der Waals surface area contributed by atoms with E-state index in [9.17, 15) is 4.79 Å². The molecule has 130 valence electrons. The van der Waals surface area contributed by atoms with Crippen molar-refractivity contribution in [2.24, 2.45) is 17.1 Å². The molecule has 0 aromatic heterocycles. The standard InChI is InChI=1S/C18H31N3O2/c1-17(2)15-12(6-5-11-23-15)18(17,19)16(22)20-13-8-10-21-9-4-3-7-14(13)21/h12-15H,3-11,19H2,1-2H3,(H,20,22). The fourth-order valence-corrected chi connectivity index (χ4v) is 5.74. The summed E-state index contributed by atoms with van der Waals surface area (Å²) in [7, 11) is 0. The van der Waals surface area contributed by atoms with Crippen LogP contribution in [0.4, 0.5) is 0 Å². The quantitative estimate of drug-likeness (QED) is 0.803. The number of hydrogen-bond acceptors (Lipinski definition) is 4. The highest BCUT2D eigenvalue weighted by Crippen LogP contribution is 2.57. The summed E-state index contributed by atoms with van der Waals surface area (Å²) < 4.78 is 5.93. The van der Waals surface area contributed by atoms with E-state index >= 15 is 0 Å². The lowest BCUT2D eigenvalue weighted by atomic mass is 9.46. The number of nitrogens with zero attached hydrogens (tertiary/aromatic N) is 1. The number of carbonyl (C=O) groups is 1. The number of ether oxygens (including phenoxy) is 1. The van der Waals surface area contributed by atoms with Crippen LogP contribution in [0.25, 0.3) is 0 Å². The molecule has 0 aromatic carbocycles. The monoisotopic (exact) mass is 321 g/mol. The highest BCUT2D eigenvalue weighted by Gasteiger charge is 2.70. The Morgan fingerprint density at radius 1 is 1.17 bits per heavy atom. The fourth-order valence-electron chi connectivity index (χ4n) is 5.74. The predicted octanol–water partition coefficient (Wildman–Crippen LogP) is 1.26. The maximum atomic E-state index is 13.1. The molecule has 5 atom stereocenters. The molecule has 4 fully saturated rings. The molecular weight excluding hydrogens is 290 g/mol. The molecular formula is C18H31N3O2. The van der Waals surface area contributed by atoms with Crippen molar-refractivity contribution in [2.45, 2.75) is 76.1 Å². The lowest BCUT2D eigenvalue weighted by Crippen LogP contribution is -2.82. The third-order valence-corrected chi connectivity index (χ3v) is 7.23. The van der Waals surface area contributed by atoms with Gasteiger partial charge in [-0.25, -0.2) is 0 Å². The summed E-state index contributed by atoms with van der Waals surface area (Å²) in [4.78, 5) is 15.7. The van der Waals surface area contributed by atoms with Gasteiger partial charge in [-0.1, -0.05) is 20.3 Å². The Hall–Kier alpha value is -0.650. The summed E-state index contributed by atoms with van der Waals surface area (Å²) >= 11 is 0. The van der Waals surface area contributed by atoms with E-state index in [-0.39, 0.29) is 29.4 Å². The van der Waals surface area contributed by atoms with Crippen LogP contribution in [0.15, 0.2) is 0 Å². The third kappa shape index (κ3) is 2.12. The molecule has 4 rings (SSSR count). The minimum absolute atomic E-state index is 0.0617. The van der Waals surface area contributed by atoms with Crippen LogP contribution in [0.3, 0.4) is 0 Å². The predicted molar refractivity (Wildman–Crippen MR) is 88.9 cm³/mol. The Bertz CT molecular complexity index is 495. The summed E-state index contributed by atoms with van der Waals surface area (Å²) in [6, 6.07) is 0.806. The van der Waals surface area contributed by atoms with Gasteiger partial charge in [-0.15, -0.1) is 0 Å². The average molecular weight is 321 g/mol. The van der Waals surface area contributed by atoms with Crippen LogP contribution in [-0.4, -0.2) is 54.2 Å². The summed E-state index contributed by atoms with van der Waals surface area (Å²) in [6.45, 7) is 7.31. The highest BCUT2D eigenvalue weighted by atomic mass is 16.5. The molecule has 1 amide bonds. The third-order valence-electron chi connectivity index (χ3n) is 7.23. The number of hydrogen-bond donors (Lipinski definition) is 2. The molecule has 5 unspecified atom stereocenters. The van der Waals surface area contributed by atoms with Crippen LogP contribution in [0.1, 0.15) is 52.4 Å². The first-order valence-corrected chi connectivity index (χ1v) is 9.42. The topological polar surface area (TPSA) is 67.6 Å². The maximum absolute atomic E-state index is 13.1. The number of rotatable bonds is 2. The van der Waals surface area contributed by atoms with Crippen molar-refractivity contribution in [2.75, 3.05) is 19.7 Å². The molecule has 5 nitrogen and oxygen atoms in total. The van der Waals surface area contributed by atoms with E-state index < -0.39 is 5.54 Å². The number of fused-ring (bicyclic) bond motifs is 2. The van der Waals surface area contributed by atoms with Crippen molar-refractivity contribution in [3.63, 3.8) is 0 Å². The number of carbonyl (C=O) groups excluding carboxylic acids is 1. The van der Waals surface area contributed by atoms with Gasteiger partial charge in [-0.05, 0) is 38.6 Å². The minimum atomic E-state index is -0.778. The lowest BCUT2D eigenvalue weighted by Gasteiger charge is -2.65. The second kappa shape index (κ2) is 5.43. The van der Waals surface area contributed by atoms with Crippen LogP contribution in [0, 0.1) is 11.3 Å². The van der Waals surface area contributed by atoms with E-state index in [4.69, 9.17) is 10.5 Å². The number of nitrogens with one attached hydrogen (secondary N) is 1. The van der Waals surface area contributed by atoms with Gasteiger partial charge in [-0.2, -0.15) is 0 Å². The normalized spacial score (nSPS) is 45.7. The van der Waals surface area contributed by atoms with Crippen LogP contribution >= 0.6 is 0 Å². The summed E-state index contributed by atoms with van der Waals surface area (Å²) in [6.07, 6.45) is 7.03. The Balaban J connectivity index is 1.48. The van der Waals surface area contributed by atoms with Gasteiger partial charge in [0.2, 0.25) is 5.91 Å². The zero-order chi connectivity index (χ0) is 16.2. The molecule has 0 aromatic rings. The Morgan fingerprint density at radius 2 is 2.00 bits per heavy atom. The number of piperidine rings is 1. The highest BCUT2D eigenvalue weighted by molar-refractivity contribution is 5.89. The summed E-state index contributed by atoms with van der Waals surface area (Å²) in [5, 5.41) is 3.35. The molecule has 1 saturated carbocycles. The molecule has 3 saturated heterocycles. The van der Waals surface area contributed by atoms with Crippen molar-refractivity contribution >= 4 is 5.91 Å². The fraction of sp³-hybridized carbons (Fsp3) is 0.944. The number of amides is 1. The van der Waals surface area contributed by atoms with E-state index in [0.717, 1.165) is 32.4 Å². The van der Waals surface area contributed by atoms with Gasteiger partial charge in [0, 0.05) is 36.6 Å². The summed E-state index contributed by atoms with van der Waals surface area (Å²) in [5.41, 5.74) is 5.66. The average Bonchev–Trinajstić information content (AvgIpc) is 2.97. The lowest BCUT2D eigenvalue weighted by molar-refractivity contribution is -0.225. The van der Waals surface area contributed by atoms with Gasteiger partial charge in [0.15, 0.2) is 0 Å². The second-order valence-electron chi connectivity index (χ2n) is 8.60. The van der Waals surface area contributed by atoms with Crippen LogP contribution in [-0.2, 0) is 9.53 Å². The van der Waals surface area contributed by atoms with Crippen molar-refractivity contribution in [3.8, 4) is 0 Å². The SMILES string of the molecule is CC1(C)C2OCCCC2C1(N)C(=O)NC1CCN2CCCCC12. The molecule has 0 spiro atoms. The van der Waals surface area contributed by atoms with Crippen molar-refractivity contribution in [3.05, 3.63) is 0 Å². The van der Waals surface area contributed by atoms with Crippen molar-refractivity contribution in [1.82, 2.24) is 10.2 Å². The molecule has 4 aliphatic rings. The van der Waals surface area contributed by atoms with Gasteiger partial charge in [0.25, 0.3) is 0 Å². The molecule has 3 aliphatic heterocycles. The first-order valence-electron chi connectivity index (χ1n) is 9.42. The van der Waals surface area contributed by atoms with Crippen LogP contribution in [0.5, 0.6) is 0 Å². The molecule has 3 N–H and O–H groups in total. The van der Waals surface area contributed by atoms with Crippen molar-refractivity contribution < 1.29 is 9.53 Å². The Kier molecular flexibility index (Phi) is 3.74. The van der Waals surface area contributed by atoms with Gasteiger partial charge in [-0.3, -0.25) is 9.69 Å². The van der Waals surface area contributed by atoms with E-state index in [2.05, 4.69) is 24.1 Å². The molecule has 0 radical (unpaired) electrons. The maximum Gasteiger partial charge on any atom is 0.241 e. The smallest absolute Gasteiger partial charge is 0.241 e. The van der Waals surface area contributed by atoms with E-state index in [1.165, 1.54) is 25.8 Å². The van der Waals surface area contributed by atoms with Gasteiger partial charge in [0.05, 0.1) is 6.10 Å². The van der Waals surface area contributed by atoms with Gasteiger partial charge >= 0.3 is 0 Å². The molecule has 0 bridgehead atoms.